The van der Waals surface area contributed by atoms with Crippen molar-refractivity contribution in [2.24, 2.45) is 0 Å². The highest BCUT2D eigenvalue weighted by atomic mass is 32.2. The number of aromatic nitrogens is 1. The van der Waals surface area contributed by atoms with Gasteiger partial charge in [0.05, 0.1) is 11.5 Å². The number of hydrogen-bond acceptors (Lipinski definition) is 5. The van der Waals surface area contributed by atoms with Crippen molar-refractivity contribution in [3.05, 3.63) is 11.8 Å². The van der Waals surface area contributed by atoms with Crippen LogP contribution in [-0.2, 0) is 9.59 Å². The number of carbonyl (C=O) groups excluding carboxylic acids is 2. The van der Waals surface area contributed by atoms with Crippen molar-refractivity contribution in [1.82, 2.24) is 10.1 Å². The van der Waals surface area contributed by atoms with Gasteiger partial charge in [0.25, 0.3) is 0 Å². The standard InChI is InChI=1S/C16H25N3O3S/c1-3-19(13-7-5-4-6-8-13)16(21)11-23-10-15(20)17-14-9-12(2)22-18-14/h9,13H,3-8,10-11H2,1-2H3,(H,17,18,20). The maximum absolute atomic E-state index is 12.4. The Balaban J connectivity index is 1.71. The minimum Gasteiger partial charge on any atom is -0.360 e. The third-order valence-corrected chi connectivity index (χ3v) is 4.95. The van der Waals surface area contributed by atoms with E-state index in [1.54, 1.807) is 13.0 Å². The van der Waals surface area contributed by atoms with E-state index in [2.05, 4.69) is 10.5 Å². The topological polar surface area (TPSA) is 75.4 Å². The lowest BCUT2D eigenvalue weighted by molar-refractivity contribution is -0.131. The van der Waals surface area contributed by atoms with Crippen LogP contribution in [-0.4, -0.2) is 46.0 Å². The van der Waals surface area contributed by atoms with Gasteiger partial charge in [-0.15, -0.1) is 11.8 Å². The zero-order valence-electron chi connectivity index (χ0n) is 13.8. The summed E-state index contributed by atoms with van der Waals surface area (Å²) in [4.78, 5) is 26.1. The Kier molecular flexibility index (Phi) is 6.95. The summed E-state index contributed by atoms with van der Waals surface area (Å²) in [5, 5.41) is 6.36. The maximum atomic E-state index is 12.4. The van der Waals surface area contributed by atoms with Crippen molar-refractivity contribution in [2.75, 3.05) is 23.4 Å². The Morgan fingerprint density at radius 2 is 2.09 bits per heavy atom. The molecule has 1 aliphatic carbocycles. The van der Waals surface area contributed by atoms with Gasteiger partial charge in [-0.2, -0.15) is 0 Å². The van der Waals surface area contributed by atoms with Gasteiger partial charge >= 0.3 is 0 Å². The van der Waals surface area contributed by atoms with Crippen LogP contribution in [0.5, 0.6) is 0 Å². The molecule has 0 radical (unpaired) electrons. The van der Waals surface area contributed by atoms with E-state index in [1.807, 2.05) is 11.8 Å². The summed E-state index contributed by atoms with van der Waals surface area (Å²) >= 11 is 1.34. The number of anilines is 1. The Morgan fingerprint density at radius 3 is 2.70 bits per heavy atom. The lowest BCUT2D eigenvalue weighted by atomic mass is 9.94. The van der Waals surface area contributed by atoms with Crippen molar-refractivity contribution in [3.63, 3.8) is 0 Å². The highest BCUT2D eigenvalue weighted by molar-refractivity contribution is 8.00. The zero-order chi connectivity index (χ0) is 16.7. The fraction of sp³-hybridized carbons (Fsp3) is 0.688. The Bertz CT molecular complexity index is 526. The summed E-state index contributed by atoms with van der Waals surface area (Å²) in [7, 11) is 0. The highest BCUT2D eigenvalue weighted by Gasteiger charge is 2.23. The Morgan fingerprint density at radius 1 is 1.35 bits per heavy atom. The Labute approximate surface area is 141 Å². The van der Waals surface area contributed by atoms with E-state index in [1.165, 1.54) is 31.0 Å². The molecular weight excluding hydrogens is 314 g/mol. The van der Waals surface area contributed by atoms with Gasteiger partial charge in [-0.05, 0) is 26.7 Å². The molecule has 1 aromatic rings. The van der Waals surface area contributed by atoms with Crippen molar-refractivity contribution < 1.29 is 14.1 Å². The summed E-state index contributed by atoms with van der Waals surface area (Å²) in [6, 6.07) is 2.05. The third-order valence-electron chi connectivity index (χ3n) is 4.03. The van der Waals surface area contributed by atoms with Crippen LogP contribution in [0.1, 0.15) is 44.8 Å². The molecule has 2 rings (SSSR count). The van der Waals surface area contributed by atoms with E-state index in [0.29, 0.717) is 23.4 Å². The molecule has 1 heterocycles. The lowest BCUT2D eigenvalue weighted by Crippen LogP contribution is -2.42. The van der Waals surface area contributed by atoms with Crippen LogP contribution in [0.4, 0.5) is 5.82 Å². The van der Waals surface area contributed by atoms with Gasteiger partial charge in [-0.1, -0.05) is 24.4 Å². The van der Waals surface area contributed by atoms with Crippen LogP contribution in [0.15, 0.2) is 10.6 Å². The van der Waals surface area contributed by atoms with Crippen molar-refractivity contribution in [2.45, 2.75) is 52.0 Å². The molecule has 1 saturated carbocycles. The minimum absolute atomic E-state index is 0.134. The molecular formula is C16H25N3O3S. The molecule has 0 aromatic carbocycles. The smallest absolute Gasteiger partial charge is 0.235 e. The molecule has 23 heavy (non-hydrogen) atoms. The summed E-state index contributed by atoms with van der Waals surface area (Å²) in [6.45, 7) is 4.53. The molecule has 0 spiro atoms. The van der Waals surface area contributed by atoms with Gasteiger partial charge in [-0.25, -0.2) is 0 Å². The summed E-state index contributed by atoms with van der Waals surface area (Å²) < 4.78 is 4.89. The first-order valence-corrected chi connectivity index (χ1v) is 9.36. The number of carbonyl (C=O) groups is 2. The van der Waals surface area contributed by atoms with Gasteiger partial charge in [-0.3, -0.25) is 9.59 Å². The van der Waals surface area contributed by atoms with Crippen LogP contribution >= 0.6 is 11.8 Å². The fourth-order valence-corrected chi connectivity index (χ4v) is 3.65. The summed E-state index contributed by atoms with van der Waals surface area (Å²) in [6.07, 6.45) is 5.91. The van der Waals surface area contributed by atoms with E-state index in [-0.39, 0.29) is 17.6 Å². The van der Waals surface area contributed by atoms with Gasteiger partial charge in [0.1, 0.15) is 5.76 Å². The average molecular weight is 339 g/mol. The van der Waals surface area contributed by atoms with E-state index in [9.17, 15) is 9.59 Å². The van der Waals surface area contributed by atoms with Crippen LogP contribution < -0.4 is 5.32 Å². The first-order valence-electron chi connectivity index (χ1n) is 8.20. The predicted octanol–water partition coefficient (Wildman–Crippen LogP) is 2.84. The number of nitrogens with one attached hydrogen (secondary N) is 1. The van der Waals surface area contributed by atoms with E-state index >= 15 is 0 Å². The van der Waals surface area contributed by atoms with Crippen molar-refractivity contribution >= 4 is 29.4 Å². The predicted molar refractivity (Wildman–Crippen MR) is 91.5 cm³/mol. The maximum Gasteiger partial charge on any atom is 0.235 e. The van der Waals surface area contributed by atoms with Crippen LogP contribution in [0, 0.1) is 6.92 Å². The normalized spacial score (nSPS) is 15.4. The Hall–Kier alpha value is -1.50. The largest absolute Gasteiger partial charge is 0.360 e. The molecule has 0 atom stereocenters. The molecule has 1 aromatic heterocycles. The molecule has 0 bridgehead atoms. The molecule has 7 heteroatoms. The minimum atomic E-state index is -0.170. The van der Waals surface area contributed by atoms with Gasteiger partial charge < -0.3 is 14.7 Å². The van der Waals surface area contributed by atoms with E-state index in [0.717, 1.165) is 19.4 Å². The van der Waals surface area contributed by atoms with Gasteiger partial charge in [0.2, 0.25) is 11.8 Å². The fourth-order valence-electron chi connectivity index (χ4n) is 2.95. The number of aryl methyl sites for hydroxylation is 1. The van der Waals surface area contributed by atoms with Crippen LogP contribution in [0.3, 0.4) is 0 Å². The molecule has 0 unspecified atom stereocenters. The average Bonchev–Trinajstić information content (AvgIpc) is 2.94. The number of thioether (sulfide) groups is 1. The van der Waals surface area contributed by atoms with Crippen molar-refractivity contribution in [1.29, 1.82) is 0 Å². The molecule has 0 aliphatic heterocycles. The second-order valence-corrected chi connectivity index (χ2v) is 6.82. The van der Waals surface area contributed by atoms with Gasteiger partial charge in [0, 0.05) is 18.7 Å². The zero-order valence-corrected chi connectivity index (χ0v) is 14.7. The number of amides is 2. The van der Waals surface area contributed by atoms with Crippen LogP contribution in [0.25, 0.3) is 0 Å². The van der Waals surface area contributed by atoms with Gasteiger partial charge in [0.15, 0.2) is 5.82 Å². The van der Waals surface area contributed by atoms with E-state index in [4.69, 9.17) is 4.52 Å². The first kappa shape index (κ1) is 17.8. The SMILES string of the molecule is CCN(C(=O)CSCC(=O)Nc1cc(C)on1)C1CCCCC1. The molecule has 128 valence electrons. The number of nitrogens with zero attached hydrogens (tertiary/aromatic N) is 2. The summed E-state index contributed by atoms with van der Waals surface area (Å²) in [5.41, 5.74) is 0. The lowest BCUT2D eigenvalue weighted by Gasteiger charge is -2.33. The molecule has 1 fully saturated rings. The van der Waals surface area contributed by atoms with Crippen molar-refractivity contribution in [3.8, 4) is 0 Å². The molecule has 1 aliphatic rings. The molecule has 6 nitrogen and oxygen atoms in total. The molecule has 2 amide bonds. The quantitative estimate of drug-likeness (QED) is 0.827. The number of rotatable bonds is 7. The summed E-state index contributed by atoms with van der Waals surface area (Å²) in [5.74, 6) is 1.60. The monoisotopic (exact) mass is 339 g/mol. The highest BCUT2D eigenvalue weighted by Crippen LogP contribution is 2.23. The second-order valence-electron chi connectivity index (χ2n) is 5.84. The molecule has 1 N–H and O–H groups in total. The third kappa shape index (κ3) is 5.57. The second kappa shape index (κ2) is 8.96. The molecule has 0 saturated heterocycles. The van der Waals surface area contributed by atoms with Crippen LogP contribution in [0.2, 0.25) is 0 Å². The first-order chi connectivity index (χ1) is 11.1. The number of hydrogen-bond donors (Lipinski definition) is 1. The van der Waals surface area contributed by atoms with E-state index < -0.39 is 0 Å².